The van der Waals surface area contributed by atoms with Gasteiger partial charge in [0, 0.05) is 17.3 Å². The third-order valence-corrected chi connectivity index (χ3v) is 4.30. The maximum atomic E-state index is 12.2. The maximum Gasteiger partial charge on any atom is 0.411 e. The van der Waals surface area contributed by atoms with Gasteiger partial charge in [-0.2, -0.15) is 13.2 Å². The minimum absolute atomic E-state index is 0.167. The normalized spacial score (nSPS) is 16.3. The first kappa shape index (κ1) is 20.2. The van der Waals surface area contributed by atoms with Crippen molar-refractivity contribution >= 4 is 17.5 Å². The summed E-state index contributed by atoms with van der Waals surface area (Å²) in [6.07, 6.45) is -1.55. The Morgan fingerprint density at radius 1 is 1.27 bits per heavy atom. The molecule has 0 heterocycles. The van der Waals surface area contributed by atoms with E-state index in [0.717, 1.165) is 25.7 Å². The lowest BCUT2D eigenvalue weighted by atomic mass is 10.1. The summed E-state index contributed by atoms with van der Waals surface area (Å²) in [4.78, 5) is 24.2. The number of ether oxygens (including phenoxy) is 1. The van der Waals surface area contributed by atoms with E-state index < -0.39 is 24.8 Å². The maximum absolute atomic E-state index is 12.2. The minimum atomic E-state index is -4.49. The molecule has 5 nitrogen and oxygen atoms in total. The van der Waals surface area contributed by atoms with Gasteiger partial charge < -0.3 is 15.4 Å². The van der Waals surface area contributed by atoms with Crippen LogP contribution in [0.25, 0.3) is 0 Å². The summed E-state index contributed by atoms with van der Waals surface area (Å²) < 4.78 is 40.9. The van der Waals surface area contributed by atoms with Crippen LogP contribution in [-0.4, -0.2) is 36.7 Å². The van der Waals surface area contributed by atoms with Gasteiger partial charge in [-0.05, 0) is 50.5 Å². The van der Waals surface area contributed by atoms with Gasteiger partial charge in [-0.25, -0.2) is 0 Å². The number of nitrogens with one attached hydrogen (secondary N) is 2. The van der Waals surface area contributed by atoms with Crippen molar-refractivity contribution in [3.05, 3.63) is 29.3 Å². The second-order valence-electron chi connectivity index (χ2n) is 6.54. The lowest BCUT2D eigenvalue weighted by Crippen LogP contribution is -2.33. The number of benzene rings is 1. The van der Waals surface area contributed by atoms with Crippen molar-refractivity contribution in [2.45, 2.75) is 57.9 Å². The van der Waals surface area contributed by atoms with Crippen LogP contribution in [0.2, 0.25) is 0 Å². The van der Waals surface area contributed by atoms with E-state index in [1.165, 1.54) is 6.92 Å². The molecule has 0 spiro atoms. The predicted octanol–water partition coefficient (Wildman–Crippen LogP) is 3.57. The first-order valence-corrected chi connectivity index (χ1v) is 8.56. The average molecular weight is 372 g/mol. The summed E-state index contributed by atoms with van der Waals surface area (Å²) in [5, 5.41) is 5.50. The summed E-state index contributed by atoms with van der Waals surface area (Å²) in [5.41, 5.74) is 1.55. The number of halogens is 3. The van der Waals surface area contributed by atoms with Crippen molar-refractivity contribution in [3.8, 4) is 0 Å². The molecule has 1 aliphatic carbocycles. The Balaban J connectivity index is 1.93. The summed E-state index contributed by atoms with van der Waals surface area (Å²) in [5.74, 6) is -0.847. The van der Waals surface area contributed by atoms with Crippen LogP contribution in [0.5, 0.6) is 0 Å². The van der Waals surface area contributed by atoms with Crippen molar-refractivity contribution in [2.75, 3.05) is 11.9 Å². The van der Waals surface area contributed by atoms with Crippen LogP contribution in [0.3, 0.4) is 0 Å². The fourth-order valence-corrected chi connectivity index (χ4v) is 2.81. The predicted molar refractivity (Wildman–Crippen MR) is 91.0 cm³/mol. The molecule has 0 aromatic heterocycles. The van der Waals surface area contributed by atoms with Crippen LogP contribution >= 0.6 is 0 Å². The van der Waals surface area contributed by atoms with Crippen LogP contribution in [0.15, 0.2) is 18.2 Å². The molecule has 0 bridgehead atoms. The number of amides is 2. The van der Waals surface area contributed by atoms with Gasteiger partial charge >= 0.3 is 6.18 Å². The van der Waals surface area contributed by atoms with E-state index in [9.17, 15) is 22.8 Å². The molecule has 1 aliphatic rings. The molecule has 144 valence electrons. The molecular weight excluding hydrogens is 349 g/mol. The fraction of sp³-hybridized carbons (Fsp3) is 0.556. The van der Waals surface area contributed by atoms with Crippen LogP contribution in [0.4, 0.5) is 18.9 Å². The summed E-state index contributed by atoms with van der Waals surface area (Å²) >= 11 is 0. The zero-order valence-electron chi connectivity index (χ0n) is 14.8. The monoisotopic (exact) mass is 372 g/mol. The fourth-order valence-electron chi connectivity index (χ4n) is 2.81. The third kappa shape index (κ3) is 6.01. The Bertz CT molecular complexity index is 656. The number of alkyl halides is 3. The molecule has 1 fully saturated rings. The Morgan fingerprint density at radius 2 is 1.92 bits per heavy atom. The second kappa shape index (κ2) is 8.53. The molecule has 0 saturated heterocycles. The van der Waals surface area contributed by atoms with E-state index in [-0.39, 0.29) is 11.9 Å². The molecule has 2 rings (SSSR count). The van der Waals surface area contributed by atoms with E-state index in [0.29, 0.717) is 16.8 Å². The third-order valence-electron chi connectivity index (χ3n) is 4.30. The van der Waals surface area contributed by atoms with Gasteiger partial charge in [-0.3, -0.25) is 9.59 Å². The number of rotatable bonds is 6. The van der Waals surface area contributed by atoms with Gasteiger partial charge in [-0.15, -0.1) is 0 Å². The van der Waals surface area contributed by atoms with E-state index in [1.807, 2.05) is 0 Å². The number of hydrogen-bond acceptors (Lipinski definition) is 3. The molecule has 0 aliphatic heterocycles. The Hall–Kier alpha value is -2.09. The highest BCUT2D eigenvalue weighted by Gasteiger charge is 2.30. The summed E-state index contributed by atoms with van der Waals surface area (Å²) in [7, 11) is 0. The lowest BCUT2D eigenvalue weighted by molar-refractivity contribution is -0.184. The summed E-state index contributed by atoms with van der Waals surface area (Å²) in [6.45, 7) is 1.48. The lowest BCUT2D eigenvalue weighted by Gasteiger charge is -2.16. The molecular formula is C18H23F3N2O3. The van der Waals surface area contributed by atoms with Gasteiger partial charge in [0.2, 0.25) is 0 Å². The molecule has 2 amide bonds. The molecule has 1 aromatic rings. The van der Waals surface area contributed by atoms with Crippen LogP contribution in [0, 0.1) is 6.92 Å². The number of aryl methyl sites for hydroxylation is 1. The number of hydrogen-bond donors (Lipinski definition) is 2. The van der Waals surface area contributed by atoms with Crippen molar-refractivity contribution in [2.24, 2.45) is 0 Å². The van der Waals surface area contributed by atoms with Crippen LogP contribution in [-0.2, 0) is 9.53 Å². The van der Waals surface area contributed by atoms with Crippen molar-refractivity contribution in [1.29, 1.82) is 0 Å². The van der Waals surface area contributed by atoms with E-state index in [2.05, 4.69) is 15.4 Å². The molecule has 2 N–H and O–H groups in total. The first-order chi connectivity index (χ1) is 12.2. The zero-order valence-corrected chi connectivity index (χ0v) is 14.8. The molecule has 1 aromatic carbocycles. The van der Waals surface area contributed by atoms with Gasteiger partial charge in [0.05, 0.1) is 0 Å². The zero-order chi connectivity index (χ0) is 19.3. The van der Waals surface area contributed by atoms with E-state index in [4.69, 9.17) is 0 Å². The topological polar surface area (TPSA) is 67.4 Å². The van der Waals surface area contributed by atoms with Crippen molar-refractivity contribution in [3.63, 3.8) is 0 Å². The summed E-state index contributed by atoms with van der Waals surface area (Å²) in [6, 6.07) is 4.98. The molecule has 26 heavy (non-hydrogen) atoms. The van der Waals surface area contributed by atoms with Gasteiger partial charge in [0.15, 0.2) is 0 Å². The standard InChI is InChI=1S/C18H23F3N2O3/c1-11-9-13(17(25)22-14-5-3-4-6-14)7-8-15(11)23-16(24)12(2)26-10-18(19,20)21/h7-9,12,14H,3-6,10H2,1-2H3,(H,22,25)(H,23,24). The van der Waals surface area contributed by atoms with Gasteiger partial charge in [0.25, 0.3) is 11.8 Å². The highest BCUT2D eigenvalue weighted by atomic mass is 19.4. The Kier molecular flexibility index (Phi) is 6.63. The van der Waals surface area contributed by atoms with Crippen LogP contribution in [0.1, 0.15) is 48.5 Å². The quantitative estimate of drug-likeness (QED) is 0.802. The molecule has 8 heteroatoms. The average Bonchev–Trinajstić information content (AvgIpc) is 3.06. The minimum Gasteiger partial charge on any atom is -0.359 e. The van der Waals surface area contributed by atoms with Gasteiger partial charge in [0.1, 0.15) is 12.7 Å². The van der Waals surface area contributed by atoms with Gasteiger partial charge in [-0.1, -0.05) is 12.8 Å². The number of carbonyl (C=O) groups is 2. The molecule has 1 saturated carbocycles. The highest BCUT2D eigenvalue weighted by molar-refractivity contribution is 5.97. The number of carbonyl (C=O) groups excluding carboxylic acids is 2. The smallest absolute Gasteiger partial charge is 0.359 e. The first-order valence-electron chi connectivity index (χ1n) is 8.56. The van der Waals surface area contributed by atoms with E-state index >= 15 is 0 Å². The SMILES string of the molecule is Cc1cc(C(=O)NC2CCCC2)ccc1NC(=O)C(C)OCC(F)(F)F. The second-order valence-corrected chi connectivity index (χ2v) is 6.54. The highest BCUT2D eigenvalue weighted by Crippen LogP contribution is 2.21. The van der Waals surface area contributed by atoms with Crippen molar-refractivity contribution in [1.82, 2.24) is 5.32 Å². The Morgan fingerprint density at radius 3 is 2.50 bits per heavy atom. The number of anilines is 1. The molecule has 1 unspecified atom stereocenters. The van der Waals surface area contributed by atoms with Crippen LogP contribution < -0.4 is 10.6 Å². The largest absolute Gasteiger partial charge is 0.411 e. The van der Waals surface area contributed by atoms with E-state index in [1.54, 1.807) is 25.1 Å². The molecule has 1 atom stereocenters. The Labute approximate surface area is 150 Å². The van der Waals surface area contributed by atoms with Crippen molar-refractivity contribution < 1.29 is 27.5 Å². The molecule has 0 radical (unpaired) electrons.